The van der Waals surface area contributed by atoms with Gasteiger partial charge in [0.1, 0.15) is 0 Å². The molecule has 0 fully saturated rings. The number of hydrogen-bond acceptors (Lipinski definition) is 4. The van der Waals surface area contributed by atoms with Crippen LogP contribution in [0, 0.1) is 13.8 Å². The normalized spacial score (nSPS) is 14.3. The molecule has 166 valence electrons. The van der Waals surface area contributed by atoms with Crippen molar-refractivity contribution in [1.29, 1.82) is 0 Å². The van der Waals surface area contributed by atoms with Crippen molar-refractivity contribution >= 4 is 11.4 Å². The average Bonchev–Trinajstić information content (AvgIpc) is 3.15. The van der Waals surface area contributed by atoms with Gasteiger partial charge in [0.2, 0.25) is 0 Å². The summed E-state index contributed by atoms with van der Waals surface area (Å²) < 4.78 is 45.2. The van der Waals surface area contributed by atoms with Crippen molar-refractivity contribution in [3.63, 3.8) is 0 Å². The number of carbonyl (C=O) groups excluding carboxylic acids is 1. The van der Waals surface area contributed by atoms with Gasteiger partial charge >= 0.3 is 6.18 Å². The lowest BCUT2D eigenvalue weighted by atomic mass is 9.99. The van der Waals surface area contributed by atoms with Crippen LogP contribution in [-0.2, 0) is 17.3 Å². The first-order valence-corrected chi connectivity index (χ1v) is 10.2. The highest BCUT2D eigenvalue weighted by molar-refractivity contribution is 5.98. The van der Waals surface area contributed by atoms with E-state index in [9.17, 15) is 18.0 Å². The van der Waals surface area contributed by atoms with Gasteiger partial charge in [0.25, 0.3) is 0 Å². The fraction of sp³-hybridized carbons (Fsp3) is 0.292. The Balaban J connectivity index is 1.52. The van der Waals surface area contributed by atoms with Gasteiger partial charge in [0, 0.05) is 12.6 Å². The SMILES string of the molecule is Cc1cc(CC(=O)c2cnn(-c3ccc(C(F)(F)F)cc3)c2C)cnc1C1=CCOCC1. The van der Waals surface area contributed by atoms with Gasteiger partial charge in [-0.25, -0.2) is 4.68 Å². The van der Waals surface area contributed by atoms with Crippen molar-refractivity contribution in [3.8, 4) is 5.69 Å². The zero-order chi connectivity index (χ0) is 22.9. The highest BCUT2D eigenvalue weighted by Gasteiger charge is 2.30. The van der Waals surface area contributed by atoms with Gasteiger partial charge < -0.3 is 4.74 Å². The second-order valence-corrected chi connectivity index (χ2v) is 7.76. The lowest BCUT2D eigenvalue weighted by Gasteiger charge is -2.15. The van der Waals surface area contributed by atoms with E-state index in [4.69, 9.17) is 4.74 Å². The number of rotatable bonds is 5. The molecule has 2 aromatic heterocycles. The number of carbonyl (C=O) groups is 1. The maximum Gasteiger partial charge on any atom is 0.416 e. The molecule has 0 saturated heterocycles. The standard InChI is InChI=1S/C24H22F3N3O2/c1-15-11-17(13-28-23(15)18-7-9-32-10-8-18)12-22(31)21-14-29-30(16(21)2)20-5-3-19(4-6-20)24(25,26)27/h3-7,11,13-14H,8-10,12H2,1-2H3. The highest BCUT2D eigenvalue weighted by atomic mass is 19.4. The molecule has 32 heavy (non-hydrogen) atoms. The van der Waals surface area contributed by atoms with Crippen LogP contribution >= 0.6 is 0 Å². The maximum absolute atomic E-state index is 12.9. The molecule has 1 aliphatic rings. The first-order chi connectivity index (χ1) is 15.2. The van der Waals surface area contributed by atoms with E-state index in [2.05, 4.69) is 10.1 Å². The first-order valence-electron chi connectivity index (χ1n) is 10.2. The number of pyridine rings is 1. The van der Waals surface area contributed by atoms with Crippen molar-refractivity contribution < 1.29 is 22.7 Å². The minimum Gasteiger partial charge on any atom is -0.377 e. The fourth-order valence-electron chi connectivity index (χ4n) is 3.82. The predicted octanol–water partition coefficient (Wildman–Crippen LogP) is 5.13. The molecular weight excluding hydrogens is 419 g/mol. The lowest BCUT2D eigenvalue weighted by Crippen LogP contribution is -2.09. The number of aryl methyl sites for hydroxylation is 1. The van der Waals surface area contributed by atoms with Crippen molar-refractivity contribution in [1.82, 2.24) is 14.8 Å². The minimum absolute atomic E-state index is 0.125. The van der Waals surface area contributed by atoms with Crippen LogP contribution in [0.3, 0.4) is 0 Å². The van der Waals surface area contributed by atoms with Gasteiger partial charge in [-0.1, -0.05) is 12.1 Å². The maximum atomic E-state index is 12.9. The molecule has 0 spiro atoms. The Morgan fingerprint density at radius 1 is 1.16 bits per heavy atom. The molecule has 0 aliphatic carbocycles. The molecule has 8 heteroatoms. The molecule has 3 aromatic rings. The number of nitrogens with zero attached hydrogens (tertiary/aromatic N) is 3. The van der Waals surface area contributed by atoms with Crippen molar-refractivity contribution in [2.75, 3.05) is 13.2 Å². The fourth-order valence-corrected chi connectivity index (χ4v) is 3.82. The van der Waals surface area contributed by atoms with Gasteiger partial charge in [-0.05, 0) is 61.2 Å². The van der Waals surface area contributed by atoms with E-state index in [1.54, 1.807) is 13.1 Å². The Bertz CT molecular complexity index is 1180. The molecule has 5 nitrogen and oxygen atoms in total. The molecular formula is C24H22F3N3O2. The van der Waals surface area contributed by atoms with Crippen molar-refractivity contribution in [2.45, 2.75) is 32.9 Å². The Kier molecular flexibility index (Phi) is 5.97. The molecule has 0 radical (unpaired) electrons. The Hall–Kier alpha value is -3.26. The highest BCUT2D eigenvalue weighted by Crippen LogP contribution is 2.30. The Labute approximate surface area is 183 Å². The van der Waals surface area contributed by atoms with E-state index in [1.165, 1.54) is 23.0 Å². The molecule has 0 atom stereocenters. The minimum atomic E-state index is -4.40. The quantitative estimate of drug-likeness (QED) is 0.515. The monoisotopic (exact) mass is 441 g/mol. The summed E-state index contributed by atoms with van der Waals surface area (Å²) in [7, 11) is 0. The molecule has 0 bridgehead atoms. The zero-order valence-electron chi connectivity index (χ0n) is 17.7. The molecule has 0 amide bonds. The number of Topliss-reactive ketones (excluding diaryl/α,β-unsaturated/α-hetero) is 1. The summed E-state index contributed by atoms with van der Waals surface area (Å²) in [4.78, 5) is 17.5. The number of halogens is 3. The summed E-state index contributed by atoms with van der Waals surface area (Å²) in [5.41, 5.74) is 4.61. The zero-order valence-corrected chi connectivity index (χ0v) is 17.7. The summed E-state index contributed by atoms with van der Waals surface area (Å²) in [5, 5.41) is 4.21. The van der Waals surface area contributed by atoms with Gasteiger partial charge in [-0.3, -0.25) is 9.78 Å². The second-order valence-electron chi connectivity index (χ2n) is 7.76. The molecule has 3 heterocycles. The summed E-state index contributed by atoms with van der Waals surface area (Å²) in [5.74, 6) is -0.125. The van der Waals surface area contributed by atoms with E-state index in [0.29, 0.717) is 30.2 Å². The first kappa shape index (κ1) is 22.0. The van der Waals surface area contributed by atoms with Crippen LogP contribution in [0.25, 0.3) is 11.3 Å². The van der Waals surface area contributed by atoms with Crippen LogP contribution in [0.4, 0.5) is 13.2 Å². The summed E-state index contributed by atoms with van der Waals surface area (Å²) in [6, 6.07) is 6.65. The molecule has 0 unspecified atom stereocenters. The number of ketones is 1. The van der Waals surface area contributed by atoms with Gasteiger partial charge in [-0.15, -0.1) is 0 Å². The van der Waals surface area contributed by atoms with Crippen LogP contribution < -0.4 is 0 Å². The van der Waals surface area contributed by atoms with Crippen LogP contribution in [0.1, 0.15) is 44.9 Å². The number of hydrogen-bond donors (Lipinski definition) is 0. The molecule has 0 saturated carbocycles. The van der Waals surface area contributed by atoms with Crippen molar-refractivity contribution in [2.24, 2.45) is 0 Å². The lowest BCUT2D eigenvalue weighted by molar-refractivity contribution is -0.137. The average molecular weight is 441 g/mol. The smallest absolute Gasteiger partial charge is 0.377 e. The topological polar surface area (TPSA) is 57.0 Å². The van der Waals surface area contributed by atoms with Crippen LogP contribution in [0.5, 0.6) is 0 Å². The van der Waals surface area contributed by atoms with Crippen molar-refractivity contribution in [3.05, 3.63) is 82.4 Å². The van der Waals surface area contributed by atoms with Gasteiger partial charge in [0.15, 0.2) is 5.78 Å². The number of alkyl halides is 3. The number of aromatic nitrogens is 3. The molecule has 1 aromatic carbocycles. The molecule has 4 rings (SSSR count). The molecule has 0 N–H and O–H groups in total. The van der Waals surface area contributed by atoms with Crippen LogP contribution in [0.15, 0.2) is 48.8 Å². The van der Waals surface area contributed by atoms with E-state index in [1.807, 2.05) is 19.1 Å². The largest absolute Gasteiger partial charge is 0.416 e. The third kappa shape index (κ3) is 4.50. The van der Waals surface area contributed by atoms with Gasteiger partial charge in [-0.2, -0.15) is 18.3 Å². The second kappa shape index (κ2) is 8.70. The summed E-state index contributed by atoms with van der Waals surface area (Å²) in [6.45, 7) is 4.96. The van der Waals surface area contributed by atoms with E-state index >= 15 is 0 Å². The van der Waals surface area contributed by atoms with Crippen LogP contribution in [-0.4, -0.2) is 33.8 Å². The third-order valence-corrected chi connectivity index (χ3v) is 5.52. The Morgan fingerprint density at radius 2 is 1.91 bits per heavy atom. The number of benzene rings is 1. The molecule has 1 aliphatic heterocycles. The summed E-state index contributed by atoms with van der Waals surface area (Å²) >= 11 is 0. The van der Waals surface area contributed by atoms with Gasteiger partial charge in [0.05, 0.1) is 47.6 Å². The Morgan fingerprint density at radius 3 is 2.53 bits per heavy atom. The predicted molar refractivity (Wildman–Crippen MR) is 114 cm³/mol. The summed E-state index contributed by atoms with van der Waals surface area (Å²) in [6.07, 6.45) is 1.78. The van der Waals surface area contributed by atoms with Crippen LogP contribution in [0.2, 0.25) is 0 Å². The number of ether oxygens (including phenoxy) is 1. The third-order valence-electron chi connectivity index (χ3n) is 5.52. The van der Waals surface area contributed by atoms with E-state index in [0.717, 1.165) is 40.9 Å². The van der Waals surface area contributed by atoms with E-state index < -0.39 is 11.7 Å². The van der Waals surface area contributed by atoms with E-state index in [-0.39, 0.29) is 12.2 Å².